The number of furan rings is 1. The molecule has 3 heteroatoms. The highest BCUT2D eigenvalue weighted by Crippen LogP contribution is 2.12. The molecule has 86 valence electrons. The summed E-state index contributed by atoms with van der Waals surface area (Å²) >= 11 is 2.01. The molecule has 0 aromatic carbocycles. The fraction of sp³-hybridized carbons (Fsp3) is 0.667. The van der Waals surface area contributed by atoms with Gasteiger partial charge >= 0.3 is 0 Å². The molecule has 0 spiro atoms. The van der Waals surface area contributed by atoms with Crippen LogP contribution >= 0.6 is 11.8 Å². The van der Waals surface area contributed by atoms with Crippen LogP contribution in [0.15, 0.2) is 22.8 Å². The smallest absolute Gasteiger partial charge is 0.105 e. The van der Waals surface area contributed by atoms with E-state index < -0.39 is 0 Å². The minimum Gasteiger partial charge on any atom is -0.469 e. The van der Waals surface area contributed by atoms with Gasteiger partial charge in [0.2, 0.25) is 0 Å². The zero-order valence-electron chi connectivity index (χ0n) is 9.82. The van der Waals surface area contributed by atoms with Gasteiger partial charge < -0.3 is 9.73 Å². The molecule has 0 saturated heterocycles. The maximum atomic E-state index is 5.34. The van der Waals surface area contributed by atoms with Gasteiger partial charge in [-0.3, -0.25) is 0 Å². The van der Waals surface area contributed by atoms with E-state index in [1.54, 1.807) is 6.26 Å². The van der Waals surface area contributed by atoms with Crippen LogP contribution in [0.4, 0.5) is 0 Å². The molecule has 0 aliphatic heterocycles. The molecule has 1 heterocycles. The van der Waals surface area contributed by atoms with Crippen LogP contribution < -0.4 is 5.32 Å². The van der Waals surface area contributed by atoms with Gasteiger partial charge in [-0.1, -0.05) is 13.8 Å². The Morgan fingerprint density at radius 1 is 1.40 bits per heavy atom. The van der Waals surface area contributed by atoms with E-state index in [-0.39, 0.29) is 0 Å². The first-order valence-corrected chi connectivity index (χ1v) is 6.65. The largest absolute Gasteiger partial charge is 0.469 e. The van der Waals surface area contributed by atoms with Crippen LogP contribution in [-0.2, 0) is 6.42 Å². The SMILES string of the molecule is CNC(CSCC(C)C)Cc1ccco1. The molecule has 1 N–H and O–H groups in total. The van der Waals surface area contributed by atoms with Gasteiger partial charge in [-0.15, -0.1) is 0 Å². The molecular formula is C12H21NOS. The highest BCUT2D eigenvalue weighted by Gasteiger charge is 2.09. The Balaban J connectivity index is 2.24. The highest BCUT2D eigenvalue weighted by molar-refractivity contribution is 7.99. The Hall–Kier alpha value is -0.410. The Morgan fingerprint density at radius 3 is 2.73 bits per heavy atom. The van der Waals surface area contributed by atoms with Crippen LogP contribution in [0.3, 0.4) is 0 Å². The van der Waals surface area contributed by atoms with Gasteiger partial charge in [0.25, 0.3) is 0 Å². The molecule has 1 rings (SSSR count). The lowest BCUT2D eigenvalue weighted by Gasteiger charge is -2.15. The van der Waals surface area contributed by atoms with Crippen LogP contribution in [-0.4, -0.2) is 24.6 Å². The highest BCUT2D eigenvalue weighted by atomic mass is 32.2. The van der Waals surface area contributed by atoms with Crippen molar-refractivity contribution in [1.82, 2.24) is 5.32 Å². The van der Waals surface area contributed by atoms with Crippen molar-refractivity contribution in [3.8, 4) is 0 Å². The number of nitrogens with one attached hydrogen (secondary N) is 1. The topological polar surface area (TPSA) is 25.2 Å². The van der Waals surface area contributed by atoms with E-state index in [9.17, 15) is 0 Å². The van der Waals surface area contributed by atoms with Crippen molar-refractivity contribution in [1.29, 1.82) is 0 Å². The van der Waals surface area contributed by atoms with Crippen molar-refractivity contribution in [2.45, 2.75) is 26.3 Å². The molecule has 0 aliphatic rings. The summed E-state index contributed by atoms with van der Waals surface area (Å²) in [6, 6.07) is 4.50. The molecule has 0 amide bonds. The van der Waals surface area contributed by atoms with Crippen LogP contribution in [0.2, 0.25) is 0 Å². The maximum absolute atomic E-state index is 5.34. The molecule has 1 aromatic rings. The second kappa shape index (κ2) is 6.96. The number of thioether (sulfide) groups is 1. The fourth-order valence-electron chi connectivity index (χ4n) is 1.36. The predicted molar refractivity (Wildman–Crippen MR) is 67.4 cm³/mol. The van der Waals surface area contributed by atoms with Gasteiger partial charge in [-0.05, 0) is 30.9 Å². The zero-order chi connectivity index (χ0) is 11.1. The first-order valence-electron chi connectivity index (χ1n) is 5.49. The third kappa shape index (κ3) is 5.28. The average molecular weight is 227 g/mol. The molecule has 0 aliphatic carbocycles. The minimum atomic E-state index is 0.514. The Labute approximate surface area is 96.8 Å². The summed E-state index contributed by atoms with van der Waals surface area (Å²) in [4.78, 5) is 0. The normalized spacial score (nSPS) is 13.3. The molecule has 2 nitrogen and oxygen atoms in total. The van der Waals surface area contributed by atoms with Crippen LogP contribution in [0.1, 0.15) is 19.6 Å². The third-order valence-corrected chi connectivity index (χ3v) is 3.75. The van der Waals surface area contributed by atoms with Crippen molar-refractivity contribution in [2.75, 3.05) is 18.6 Å². The Kier molecular flexibility index (Phi) is 5.88. The van der Waals surface area contributed by atoms with E-state index in [1.807, 2.05) is 30.9 Å². The van der Waals surface area contributed by atoms with Crippen LogP contribution in [0.5, 0.6) is 0 Å². The van der Waals surface area contributed by atoms with E-state index in [4.69, 9.17) is 4.42 Å². The summed E-state index contributed by atoms with van der Waals surface area (Å²) in [7, 11) is 2.02. The van der Waals surface area contributed by atoms with E-state index >= 15 is 0 Å². The van der Waals surface area contributed by atoms with E-state index in [0.29, 0.717) is 6.04 Å². The summed E-state index contributed by atoms with van der Waals surface area (Å²) in [5.41, 5.74) is 0. The summed E-state index contributed by atoms with van der Waals surface area (Å²) in [6.07, 6.45) is 2.72. The average Bonchev–Trinajstić information content (AvgIpc) is 2.68. The van der Waals surface area contributed by atoms with Gasteiger partial charge in [0.05, 0.1) is 6.26 Å². The van der Waals surface area contributed by atoms with E-state index in [1.165, 1.54) is 5.75 Å². The molecule has 1 atom stereocenters. The second-order valence-corrected chi connectivity index (χ2v) is 5.28. The quantitative estimate of drug-likeness (QED) is 0.775. The van der Waals surface area contributed by atoms with E-state index in [2.05, 4.69) is 19.2 Å². The summed E-state index contributed by atoms with van der Waals surface area (Å²) in [5.74, 6) is 4.22. The Morgan fingerprint density at radius 2 is 2.20 bits per heavy atom. The standard InChI is InChI=1S/C12H21NOS/c1-10(2)8-15-9-11(13-3)7-12-5-4-6-14-12/h4-6,10-11,13H,7-9H2,1-3H3. The first-order chi connectivity index (χ1) is 7.22. The maximum Gasteiger partial charge on any atom is 0.105 e. The number of rotatable bonds is 7. The van der Waals surface area contributed by atoms with E-state index in [0.717, 1.165) is 23.9 Å². The van der Waals surface area contributed by atoms with Gasteiger partial charge in [0.15, 0.2) is 0 Å². The van der Waals surface area contributed by atoms with Crippen molar-refractivity contribution < 1.29 is 4.42 Å². The van der Waals surface area contributed by atoms with Gasteiger partial charge in [-0.2, -0.15) is 11.8 Å². The predicted octanol–water partition coefficient (Wildman–Crippen LogP) is 2.80. The van der Waals surface area contributed by atoms with Gasteiger partial charge in [0.1, 0.15) is 5.76 Å². The second-order valence-electron chi connectivity index (χ2n) is 4.20. The van der Waals surface area contributed by atoms with Crippen molar-refractivity contribution >= 4 is 11.8 Å². The van der Waals surface area contributed by atoms with Gasteiger partial charge in [0, 0.05) is 18.2 Å². The van der Waals surface area contributed by atoms with Crippen LogP contribution in [0.25, 0.3) is 0 Å². The molecule has 0 saturated carbocycles. The van der Waals surface area contributed by atoms with Crippen molar-refractivity contribution in [3.05, 3.63) is 24.2 Å². The zero-order valence-corrected chi connectivity index (χ0v) is 10.6. The lowest BCUT2D eigenvalue weighted by atomic mass is 10.2. The molecule has 1 aromatic heterocycles. The fourth-order valence-corrected chi connectivity index (χ4v) is 2.54. The molecule has 0 radical (unpaired) electrons. The number of likely N-dealkylation sites (N-methyl/N-ethyl adjacent to an activating group) is 1. The van der Waals surface area contributed by atoms with Crippen molar-refractivity contribution in [3.63, 3.8) is 0 Å². The minimum absolute atomic E-state index is 0.514. The summed E-state index contributed by atoms with van der Waals surface area (Å²) < 4.78 is 5.34. The molecular weight excluding hydrogens is 206 g/mol. The molecule has 0 fully saturated rings. The lowest BCUT2D eigenvalue weighted by Crippen LogP contribution is -2.30. The summed E-state index contributed by atoms with van der Waals surface area (Å²) in [5, 5.41) is 3.33. The summed E-state index contributed by atoms with van der Waals surface area (Å²) in [6.45, 7) is 4.52. The van der Waals surface area contributed by atoms with Crippen LogP contribution in [0, 0.1) is 5.92 Å². The van der Waals surface area contributed by atoms with Crippen molar-refractivity contribution in [2.24, 2.45) is 5.92 Å². The third-order valence-electron chi connectivity index (χ3n) is 2.21. The molecule has 1 unspecified atom stereocenters. The number of hydrogen-bond donors (Lipinski definition) is 1. The Bertz CT molecular complexity index is 246. The molecule has 0 bridgehead atoms. The monoisotopic (exact) mass is 227 g/mol. The lowest BCUT2D eigenvalue weighted by molar-refractivity contribution is 0.474. The first kappa shape index (κ1) is 12.7. The molecule has 15 heavy (non-hydrogen) atoms. The number of hydrogen-bond acceptors (Lipinski definition) is 3. The van der Waals surface area contributed by atoms with Gasteiger partial charge in [-0.25, -0.2) is 0 Å².